The summed E-state index contributed by atoms with van der Waals surface area (Å²) in [7, 11) is -3.70. The summed E-state index contributed by atoms with van der Waals surface area (Å²) in [5, 5.41) is -0.214. The van der Waals surface area contributed by atoms with Gasteiger partial charge in [-0.2, -0.15) is 0 Å². The van der Waals surface area contributed by atoms with E-state index in [0.717, 1.165) is 17.7 Å². The Bertz CT molecular complexity index is 720. The van der Waals surface area contributed by atoms with E-state index in [9.17, 15) is 12.8 Å². The minimum Gasteiger partial charge on any atom is -0.211 e. The van der Waals surface area contributed by atoms with Gasteiger partial charge < -0.3 is 0 Å². The van der Waals surface area contributed by atoms with Gasteiger partial charge in [-0.25, -0.2) is 17.5 Å². The first-order valence-electron chi connectivity index (χ1n) is 6.40. The topological polar surface area (TPSA) is 46.2 Å². The SMILES string of the molecule is CC(CNS(=O)(=O)c1ccc(F)c(Cl)c1)c1ccccc1. The van der Waals surface area contributed by atoms with Crippen LogP contribution in [0.25, 0.3) is 0 Å². The fourth-order valence-electron chi connectivity index (χ4n) is 1.86. The molecule has 1 unspecified atom stereocenters. The largest absolute Gasteiger partial charge is 0.240 e. The van der Waals surface area contributed by atoms with Crippen molar-refractivity contribution in [2.45, 2.75) is 17.7 Å². The van der Waals surface area contributed by atoms with Crippen LogP contribution in [0.5, 0.6) is 0 Å². The van der Waals surface area contributed by atoms with Crippen molar-refractivity contribution in [1.29, 1.82) is 0 Å². The van der Waals surface area contributed by atoms with Gasteiger partial charge in [0.05, 0.1) is 9.92 Å². The highest BCUT2D eigenvalue weighted by Gasteiger charge is 2.17. The van der Waals surface area contributed by atoms with Crippen molar-refractivity contribution in [3.63, 3.8) is 0 Å². The minimum atomic E-state index is -3.70. The van der Waals surface area contributed by atoms with Crippen molar-refractivity contribution in [2.75, 3.05) is 6.54 Å². The summed E-state index contributed by atoms with van der Waals surface area (Å²) in [4.78, 5) is -0.0471. The van der Waals surface area contributed by atoms with E-state index < -0.39 is 15.8 Å². The number of sulfonamides is 1. The van der Waals surface area contributed by atoms with Gasteiger partial charge in [-0.3, -0.25) is 0 Å². The van der Waals surface area contributed by atoms with Gasteiger partial charge in [0.15, 0.2) is 0 Å². The second-order valence-corrected chi connectivity index (χ2v) is 6.91. The van der Waals surface area contributed by atoms with Crippen LogP contribution in [0.15, 0.2) is 53.4 Å². The third-order valence-electron chi connectivity index (χ3n) is 3.15. The molecule has 21 heavy (non-hydrogen) atoms. The molecular weight excluding hydrogens is 313 g/mol. The zero-order chi connectivity index (χ0) is 15.5. The van der Waals surface area contributed by atoms with Crippen LogP contribution >= 0.6 is 11.6 Å². The number of nitrogens with one attached hydrogen (secondary N) is 1. The molecule has 0 aromatic heterocycles. The highest BCUT2D eigenvalue weighted by molar-refractivity contribution is 7.89. The monoisotopic (exact) mass is 327 g/mol. The second kappa shape index (κ2) is 6.56. The fraction of sp³-hybridized carbons (Fsp3) is 0.200. The summed E-state index contributed by atoms with van der Waals surface area (Å²) >= 11 is 5.61. The standard InChI is InChI=1S/C15H15ClFNO2S/c1-11(12-5-3-2-4-6-12)10-18-21(19,20)13-7-8-15(17)14(16)9-13/h2-9,11,18H,10H2,1H3. The van der Waals surface area contributed by atoms with Crippen molar-refractivity contribution in [2.24, 2.45) is 0 Å². The number of hydrogen-bond donors (Lipinski definition) is 1. The van der Waals surface area contributed by atoms with Gasteiger partial charge in [0, 0.05) is 6.54 Å². The van der Waals surface area contributed by atoms with Gasteiger partial charge in [-0.05, 0) is 29.7 Å². The maximum Gasteiger partial charge on any atom is 0.240 e. The van der Waals surface area contributed by atoms with E-state index in [4.69, 9.17) is 11.6 Å². The molecule has 2 aromatic rings. The first-order chi connectivity index (χ1) is 9.90. The smallest absolute Gasteiger partial charge is 0.211 e. The van der Waals surface area contributed by atoms with Crippen molar-refractivity contribution in [1.82, 2.24) is 4.72 Å². The Morgan fingerprint density at radius 3 is 2.48 bits per heavy atom. The van der Waals surface area contributed by atoms with Crippen LogP contribution in [-0.4, -0.2) is 15.0 Å². The van der Waals surface area contributed by atoms with Crippen molar-refractivity contribution in [3.05, 3.63) is 64.9 Å². The molecular formula is C15H15ClFNO2S. The van der Waals surface area contributed by atoms with Gasteiger partial charge in [0.2, 0.25) is 10.0 Å². The summed E-state index contributed by atoms with van der Waals surface area (Å²) in [6.45, 7) is 2.18. The predicted molar refractivity (Wildman–Crippen MR) is 81.5 cm³/mol. The Morgan fingerprint density at radius 2 is 1.86 bits per heavy atom. The van der Waals surface area contributed by atoms with E-state index in [2.05, 4.69) is 4.72 Å². The number of hydrogen-bond acceptors (Lipinski definition) is 2. The normalized spacial score (nSPS) is 13.1. The van der Waals surface area contributed by atoms with Crippen LogP contribution in [0.2, 0.25) is 5.02 Å². The lowest BCUT2D eigenvalue weighted by Crippen LogP contribution is -2.27. The van der Waals surface area contributed by atoms with Crippen LogP contribution in [-0.2, 0) is 10.0 Å². The summed E-state index contributed by atoms with van der Waals surface area (Å²) in [5.74, 6) is -0.620. The van der Waals surface area contributed by atoms with Gasteiger partial charge >= 0.3 is 0 Å². The molecule has 0 saturated carbocycles. The number of halogens is 2. The highest BCUT2D eigenvalue weighted by atomic mass is 35.5. The maximum atomic E-state index is 13.1. The molecule has 0 aliphatic rings. The number of benzene rings is 2. The summed E-state index contributed by atoms with van der Waals surface area (Å²) in [5.41, 5.74) is 1.04. The Balaban J connectivity index is 2.09. The zero-order valence-corrected chi connectivity index (χ0v) is 13.0. The molecule has 0 spiro atoms. The molecule has 3 nitrogen and oxygen atoms in total. The lowest BCUT2D eigenvalue weighted by Gasteiger charge is -2.13. The van der Waals surface area contributed by atoms with Gasteiger partial charge in [-0.1, -0.05) is 48.9 Å². The zero-order valence-electron chi connectivity index (χ0n) is 11.4. The van der Waals surface area contributed by atoms with E-state index in [1.54, 1.807) is 0 Å². The molecule has 0 aliphatic carbocycles. The third kappa shape index (κ3) is 4.03. The first-order valence-corrected chi connectivity index (χ1v) is 8.26. The summed E-state index contributed by atoms with van der Waals surface area (Å²) in [6.07, 6.45) is 0. The van der Waals surface area contributed by atoms with E-state index in [0.29, 0.717) is 0 Å². The molecule has 1 N–H and O–H groups in total. The quantitative estimate of drug-likeness (QED) is 0.912. The second-order valence-electron chi connectivity index (χ2n) is 4.74. The lowest BCUT2D eigenvalue weighted by atomic mass is 10.0. The average Bonchev–Trinajstić information content (AvgIpc) is 2.48. The Hall–Kier alpha value is -1.43. The third-order valence-corrected chi connectivity index (χ3v) is 4.86. The molecule has 6 heteroatoms. The van der Waals surface area contributed by atoms with Gasteiger partial charge in [-0.15, -0.1) is 0 Å². The molecule has 0 fully saturated rings. The molecule has 0 aliphatic heterocycles. The van der Waals surface area contributed by atoms with Crippen LogP contribution in [0.1, 0.15) is 18.4 Å². The number of rotatable bonds is 5. The van der Waals surface area contributed by atoms with Crippen LogP contribution < -0.4 is 4.72 Å². The van der Waals surface area contributed by atoms with E-state index >= 15 is 0 Å². The average molecular weight is 328 g/mol. The van der Waals surface area contributed by atoms with Crippen LogP contribution in [0.4, 0.5) is 4.39 Å². The highest BCUT2D eigenvalue weighted by Crippen LogP contribution is 2.20. The van der Waals surface area contributed by atoms with E-state index in [1.165, 1.54) is 6.07 Å². The Morgan fingerprint density at radius 1 is 1.19 bits per heavy atom. The fourth-order valence-corrected chi connectivity index (χ4v) is 3.26. The van der Waals surface area contributed by atoms with Crippen molar-refractivity contribution >= 4 is 21.6 Å². The van der Waals surface area contributed by atoms with Crippen molar-refractivity contribution in [3.8, 4) is 0 Å². The molecule has 1 atom stereocenters. The predicted octanol–water partition coefficient (Wildman–Crippen LogP) is 3.56. The molecule has 2 rings (SSSR count). The van der Waals surface area contributed by atoms with Crippen LogP contribution in [0, 0.1) is 5.82 Å². The van der Waals surface area contributed by atoms with Crippen molar-refractivity contribution < 1.29 is 12.8 Å². The van der Waals surface area contributed by atoms with Gasteiger partial charge in [0.1, 0.15) is 5.82 Å². The summed E-state index contributed by atoms with van der Waals surface area (Å²) in [6, 6.07) is 12.9. The molecule has 112 valence electrons. The molecule has 0 saturated heterocycles. The summed E-state index contributed by atoms with van der Waals surface area (Å²) < 4.78 is 39.9. The minimum absolute atomic E-state index is 0.0249. The molecule has 0 heterocycles. The van der Waals surface area contributed by atoms with E-state index in [1.807, 2.05) is 37.3 Å². The molecule has 0 amide bonds. The van der Waals surface area contributed by atoms with Crippen LogP contribution in [0.3, 0.4) is 0 Å². The molecule has 2 aromatic carbocycles. The van der Waals surface area contributed by atoms with E-state index in [-0.39, 0.29) is 22.4 Å². The maximum absolute atomic E-state index is 13.1. The molecule has 0 radical (unpaired) electrons. The Kier molecular flexibility index (Phi) is 4.98. The van der Waals surface area contributed by atoms with Gasteiger partial charge in [0.25, 0.3) is 0 Å². The molecule has 0 bridgehead atoms. The lowest BCUT2D eigenvalue weighted by molar-refractivity contribution is 0.574. The first kappa shape index (κ1) is 15.9. The Labute approximate surface area is 128 Å².